The predicted molar refractivity (Wildman–Crippen MR) is 79.1 cm³/mol. The quantitative estimate of drug-likeness (QED) is 0.704. The summed E-state index contributed by atoms with van der Waals surface area (Å²) < 4.78 is 2.35. The maximum Gasteiger partial charge on any atom is 0.0651 e. The summed E-state index contributed by atoms with van der Waals surface area (Å²) in [6, 6.07) is 19.5. The standard InChI is InChI=1S/C17H18N2/c1-2-16(14-8-4-3-5-9-14)19-13-7-11-17(19)15-10-6-12-18-15/h3-13,16,18H,2H2,1H3. The summed E-state index contributed by atoms with van der Waals surface area (Å²) in [4.78, 5) is 3.29. The van der Waals surface area contributed by atoms with Crippen LogP contribution in [0, 0.1) is 0 Å². The molecule has 0 aliphatic heterocycles. The van der Waals surface area contributed by atoms with Gasteiger partial charge in [-0.15, -0.1) is 0 Å². The molecule has 3 rings (SSSR count). The molecule has 2 aromatic heterocycles. The minimum atomic E-state index is 0.384. The molecule has 1 N–H and O–H groups in total. The van der Waals surface area contributed by atoms with Crippen LogP contribution in [0.25, 0.3) is 11.4 Å². The Morgan fingerprint density at radius 3 is 2.53 bits per heavy atom. The molecule has 0 spiro atoms. The molecule has 0 radical (unpaired) electrons. The van der Waals surface area contributed by atoms with Crippen molar-refractivity contribution in [2.24, 2.45) is 0 Å². The Hall–Kier alpha value is -2.22. The van der Waals surface area contributed by atoms with Gasteiger partial charge in [-0.1, -0.05) is 37.3 Å². The van der Waals surface area contributed by atoms with E-state index in [9.17, 15) is 0 Å². The summed E-state index contributed by atoms with van der Waals surface area (Å²) in [6.07, 6.45) is 5.21. The highest BCUT2D eigenvalue weighted by Gasteiger charge is 2.14. The molecule has 1 unspecified atom stereocenters. The van der Waals surface area contributed by atoms with Gasteiger partial charge in [0.25, 0.3) is 0 Å². The zero-order valence-electron chi connectivity index (χ0n) is 11.1. The van der Waals surface area contributed by atoms with E-state index in [-0.39, 0.29) is 0 Å². The second kappa shape index (κ2) is 5.19. The van der Waals surface area contributed by atoms with Crippen LogP contribution in [-0.2, 0) is 0 Å². The lowest BCUT2D eigenvalue weighted by molar-refractivity contribution is 0.574. The molecule has 96 valence electrons. The van der Waals surface area contributed by atoms with Crippen molar-refractivity contribution < 1.29 is 0 Å². The molecule has 0 aliphatic rings. The highest BCUT2D eigenvalue weighted by molar-refractivity contribution is 5.56. The zero-order valence-corrected chi connectivity index (χ0v) is 11.1. The van der Waals surface area contributed by atoms with Gasteiger partial charge in [0.15, 0.2) is 0 Å². The number of hydrogen-bond donors (Lipinski definition) is 1. The Bertz CT molecular complexity index is 620. The lowest BCUT2D eigenvalue weighted by atomic mass is 10.0. The first kappa shape index (κ1) is 11.8. The lowest BCUT2D eigenvalue weighted by Crippen LogP contribution is -2.09. The first-order valence-corrected chi connectivity index (χ1v) is 6.75. The van der Waals surface area contributed by atoms with E-state index >= 15 is 0 Å². The van der Waals surface area contributed by atoms with Crippen LogP contribution >= 0.6 is 0 Å². The normalized spacial score (nSPS) is 12.5. The molecule has 0 aliphatic carbocycles. The Morgan fingerprint density at radius 1 is 1.00 bits per heavy atom. The molecule has 1 atom stereocenters. The fraction of sp³-hybridized carbons (Fsp3) is 0.176. The van der Waals surface area contributed by atoms with Crippen molar-refractivity contribution in [1.29, 1.82) is 0 Å². The molecule has 0 saturated carbocycles. The zero-order chi connectivity index (χ0) is 13.1. The molecule has 0 amide bonds. The Labute approximate surface area is 113 Å². The van der Waals surface area contributed by atoms with Gasteiger partial charge in [-0.25, -0.2) is 0 Å². The molecular weight excluding hydrogens is 232 g/mol. The van der Waals surface area contributed by atoms with Crippen molar-refractivity contribution >= 4 is 0 Å². The van der Waals surface area contributed by atoms with Crippen LogP contribution in [0.3, 0.4) is 0 Å². The third-order valence-corrected chi connectivity index (χ3v) is 3.56. The highest BCUT2D eigenvalue weighted by Crippen LogP contribution is 2.28. The van der Waals surface area contributed by atoms with Crippen LogP contribution in [-0.4, -0.2) is 9.55 Å². The van der Waals surface area contributed by atoms with Crippen LogP contribution in [0.15, 0.2) is 67.0 Å². The molecular formula is C17H18N2. The highest BCUT2D eigenvalue weighted by atomic mass is 15.0. The maximum absolute atomic E-state index is 3.29. The van der Waals surface area contributed by atoms with E-state index < -0.39 is 0 Å². The van der Waals surface area contributed by atoms with Gasteiger partial charge in [0.05, 0.1) is 17.4 Å². The van der Waals surface area contributed by atoms with E-state index in [2.05, 4.69) is 71.2 Å². The first-order chi connectivity index (χ1) is 9.40. The van der Waals surface area contributed by atoms with E-state index in [4.69, 9.17) is 0 Å². The van der Waals surface area contributed by atoms with Crippen molar-refractivity contribution in [3.8, 4) is 11.4 Å². The van der Waals surface area contributed by atoms with Gasteiger partial charge in [0.2, 0.25) is 0 Å². The number of benzene rings is 1. The van der Waals surface area contributed by atoms with Gasteiger partial charge < -0.3 is 9.55 Å². The van der Waals surface area contributed by atoms with Gasteiger partial charge >= 0.3 is 0 Å². The predicted octanol–water partition coefficient (Wildman–Crippen LogP) is 4.48. The molecule has 0 fully saturated rings. The summed E-state index contributed by atoms with van der Waals surface area (Å²) in [5.74, 6) is 0. The number of aromatic amines is 1. The van der Waals surface area contributed by atoms with E-state index in [1.54, 1.807) is 0 Å². The monoisotopic (exact) mass is 250 g/mol. The smallest absolute Gasteiger partial charge is 0.0651 e. The molecule has 2 heteroatoms. The average molecular weight is 250 g/mol. The van der Waals surface area contributed by atoms with E-state index in [1.165, 1.54) is 17.0 Å². The fourth-order valence-corrected chi connectivity index (χ4v) is 2.65. The summed E-state index contributed by atoms with van der Waals surface area (Å²) in [5.41, 5.74) is 3.76. The van der Waals surface area contributed by atoms with Crippen LogP contribution < -0.4 is 0 Å². The molecule has 0 bridgehead atoms. The molecule has 1 aromatic carbocycles. The second-order valence-electron chi connectivity index (χ2n) is 4.72. The van der Waals surface area contributed by atoms with Gasteiger partial charge in [0.1, 0.15) is 0 Å². The number of H-pyrrole nitrogens is 1. The van der Waals surface area contributed by atoms with Crippen molar-refractivity contribution in [2.75, 3.05) is 0 Å². The molecule has 19 heavy (non-hydrogen) atoms. The van der Waals surface area contributed by atoms with Crippen LogP contribution in [0.4, 0.5) is 0 Å². The van der Waals surface area contributed by atoms with Crippen molar-refractivity contribution in [1.82, 2.24) is 9.55 Å². The molecule has 3 aromatic rings. The number of nitrogens with zero attached hydrogens (tertiary/aromatic N) is 1. The number of nitrogens with one attached hydrogen (secondary N) is 1. The Kier molecular flexibility index (Phi) is 3.23. The maximum atomic E-state index is 3.29. The number of rotatable bonds is 4. The minimum absolute atomic E-state index is 0.384. The van der Waals surface area contributed by atoms with E-state index in [1.807, 2.05) is 12.3 Å². The molecule has 2 nitrogen and oxygen atoms in total. The van der Waals surface area contributed by atoms with Crippen molar-refractivity contribution in [3.63, 3.8) is 0 Å². The minimum Gasteiger partial charge on any atom is -0.360 e. The summed E-state index contributed by atoms with van der Waals surface area (Å²) in [6.45, 7) is 2.23. The first-order valence-electron chi connectivity index (χ1n) is 6.75. The van der Waals surface area contributed by atoms with Crippen LogP contribution in [0.1, 0.15) is 24.9 Å². The fourth-order valence-electron chi connectivity index (χ4n) is 2.65. The summed E-state index contributed by atoms with van der Waals surface area (Å²) in [7, 11) is 0. The lowest BCUT2D eigenvalue weighted by Gasteiger charge is -2.20. The Balaban J connectivity index is 2.04. The van der Waals surface area contributed by atoms with Crippen molar-refractivity contribution in [2.45, 2.75) is 19.4 Å². The second-order valence-corrected chi connectivity index (χ2v) is 4.72. The number of hydrogen-bond acceptors (Lipinski definition) is 0. The van der Waals surface area contributed by atoms with Gasteiger partial charge in [0, 0.05) is 12.4 Å². The van der Waals surface area contributed by atoms with Gasteiger partial charge in [-0.3, -0.25) is 0 Å². The van der Waals surface area contributed by atoms with Gasteiger partial charge in [-0.05, 0) is 36.2 Å². The third-order valence-electron chi connectivity index (χ3n) is 3.56. The Morgan fingerprint density at radius 2 is 1.84 bits per heavy atom. The van der Waals surface area contributed by atoms with E-state index in [0.717, 1.165) is 6.42 Å². The van der Waals surface area contributed by atoms with E-state index in [0.29, 0.717) is 6.04 Å². The molecule has 0 saturated heterocycles. The number of aromatic nitrogens is 2. The topological polar surface area (TPSA) is 20.7 Å². The van der Waals surface area contributed by atoms with Gasteiger partial charge in [-0.2, -0.15) is 0 Å². The average Bonchev–Trinajstić information content (AvgIpc) is 3.11. The summed E-state index contributed by atoms with van der Waals surface area (Å²) >= 11 is 0. The molecule has 2 heterocycles. The third kappa shape index (κ3) is 2.22. The largest absolute Gasteiger partial charge is 0.360 e. The summed E-state index contributed by atoms with van der Waals surface area (Å²) in [5, 5.41) is 0. The van der Waals surface area contributed by atoms with Crippen molar-refractivity contribution in [3.05, 3.63) is 72.6 Å². The SMILES string of the molecule is CCC(c1ccccc1)n1cccc1-c1ccc[nH]1. The van der Waals surface area contributed by atoms with Crippen LogP contribution in [0.2, 0.25) is 0 Å². The van der Waals surface area contributed by atoms with Crippen LogP contribution in [0.5, 0.6) is 0 Å².